The van der Waals surface area contributed by atoms with Gasteiger partial charge in [-0.05, 0) is 60.9 Å². The molecule has 0 amide bonds. The van der Waals surface area contributed by atoms with Crippen LogP contribution in [0.4, 0.5) is 17.1 Å². The second-order valence-electron chi connectivity index (χ2n) is 5.53. The van der Waals surface area contributed by atoms with Crippen molar-refractivity contribution in [2.75, 3.05) is 4.90 Å². The minimum Gasteiger partial charge on any atom is -0.310 e. The molecule has 0 bridgehead atoms. The maximum Gasteiger partial charge on any atom is 0.0464 e. The fourth-order valence-corrected chi connectivity index (χ4v) is 2.67. The van der Waals surface area contributed by atoms with Gasteiger partial charge in [0.1, 0.15) is 0 Å². The van der Waals surface area contributed by atoms with E-state index < -0.39 is 0 Å². The first kappa shape index (κ1) is 14.4. The second-order valence-corrected chi connectivity index (χ2v) is 5.53. The Morgan fingerprint density at radius 1 is 0.682 bits per heavy atom. The van der Waals surface area contributed by atoms with Crippen LogP contribution in [0.1, 0.15) is 18.1 Å². The van der Waals surface area contributed by atoms with Crippen molar-refractivity contribution in [1.29, 1.82) is 0 Å². The van der Waals surface area contributed by atoms with Crippen molar-refractivity contribution in [2.24, 2.45) is 0 Å². The molecule has 0 saturated heterocycles. The number of hydrogen-bond acceptors (Lipinski definition) is 1. The molecule has 0 atom stereocenters. The lowest BCUT2D eigenvalue weighted by Gasteiger charge is -2.26. The van der Waals surface area contributed by atoms with Crippen molar-refractivity contribution in [3.05, 3.63) is 90.0 Å². The van der Waals surface area contributed by atoms with Gasteiger partial charge in [0.2, 0.25) is 0 Å². The molecule has 3 aromatic carbocycles. The van der Waals surface area contributed by atoms with Crippen molar-refractivity contribution in [1.82, 2.24) is 0 Å². The normalized spacial score (nSPS) is 10.5. The van der Waals surface area contributed by atoms with Gasteiger partial charge in [-0.25, -0.2) is 0 Å². The molecule has 0 radical (unpaired) electrons. The van der Waals surface area contributed by atoms with Crippen LogP contribution in [0.3, 0.4) is 0 Å². The third-order valence-corrected chi connectivity index (χ3v) is 3.88. The van der Waals surface area contributed by atoms with Gasteiger partial charge in [-0.15, -0.1) is 0 Å². The number of benzene rings is 3. The Balaban J connectivity index is 2.10. The highest BCUT2D eigenvalue weighted by Gasteiger charge is 2.11. The molecule has 110 valence electrons. The molecule has 1 heteroatoms. The van der Waals surface area contributed by atoms with E-state index in [1.54, 1.807) is 0 Å². The summed E-state index contributed by atoms with van der Waals surface area (Å²) < 4.78 is 0. The highest BCUT2D eigenvalue weighted by atomic mass is 15.1. The molecule has 0 aromatic heterocycles. The van der Waals surface area contributed by atoms with Crippen LogP contribution in [-0.4, -0.2) is 0 Å². The van der Waals surface area contributed by atoms with E-state index in [4.69, 9.17) is 0 Å². The first-order valence-electron chi connectivity index (χ1n) is 7.78. The summed E-state index contributed by atoms with van der Waals surface area (Å²) in [5.74, 6) is 0. The van der Waals surface area contributed by atoms with Gasteiger partial charge in [-0.1, -0.05) is 49.4 Å². The van der Waals surface area contributed by atoms with Gasteiger partial charge in [0.05, 0.1) is 0 Å². The second kappa shape index (κ2) is 6.48. The van der Waals surface area contributed by atoms with Crippen molar-refractivity contribution >= 4 is 17.1 Å². The Morgan fingerprint density at radius 3 is 1.95 bits per heavy atom. The van der Waals surface area contributed by atoms with Crippen LogP contribution in [-0.2, 0) is 6.42 Å². The third-order valence-electron chi connectivity index (χ3n) is 3.88. The van der Waals surface area contributed by atoms with Gasteiger partial charge in [0, 0.05) is 17.1 Å². The van der Waals surface area contributed by atoms with Gasteiger partial charge in [0.25, 0.3) is 0 Å². The van der Waals surface area contributed by atoms with E-state index in [2.05, 4.69) is 97.6 Å². The molecule has 0 aliphatic rings. The number of hydrogen-bond donors (Lipinski definition) is 0. The minimum atomic E-state index is 1.07. The highest BCUT2D eigenvalue weighted by Crippen LogP contribution is 2.34. The van der Waals surface area contributed by atoms with Gasteiger partial charge in [-0.2, -0.15) is 0 Å². The average molecular weight is 287 g/mol. The predicted molar refractivity (Wildman–Crippen MR) is 95.2 cm³/mol. The molecule has 0 aliphatic carbocycles. The average Bonchev–Trinajstić information content (AvgIpc) is 2.57. The molecule has 0 aliphatic heterocycles. The molecular formula is C21H21N. The summed E-state index contributed by atoms with van der Waals surface area (Å²) in [5, 5.41) is 0. The first-order valence-corrected chi connectivity index (χ1v) is 7.78. The maximum absolute atomic E-state index is 2.30. The molecule has 3 rings (SSSR count). The van der Waals surface area contributed by atoms with Crippen LogP contribution in [0.15, 0.2) is 78.9 Å². The fourth-order valence-electron chi connectivity index (χ4n) is 2.67. The van der Waals surface area contributed by atoms with E-state index >= 15 is 0 Å². The molecule has 1 nitrogen and oxygen atoms in total. The molecule has 0 fully saturated rings. The number of para-hydroxylation sites is 1. The van der Waals surface area contributed by atoms with E-state index in [-0.39, 0.29) is 0 Å². The summed E-state index contributed by atoms with van der Waals surface area (Å²) in [4.78, 5) is 2.30. The van der Waals surface area contributed by atoms with E-state index in [9.17, 15) is 0 Å². The van der Waals surface area contributed by atoms with Gasteiger partial charge < -0.3 is 4.90 Å². The Bertz CT molecular complexity index is 729. The number of rotatable bonds is 4. The topological polar surface area (TPSA) is 3.24 Å². The SMILES string of the molecule is CCc1ccc(N(c2ccccc2)c2cccc(C)c2)cc1. The number of nitrogens with zero attached hydrogens (tertiary/aromatic N) is 1. The lowest BCUT2D eigenvalue weighted by atomic mass is 10.1. The van der Waals surface area contributed by atoms with Crippen LogP contribution in [0, 0.1) is 6.92 Å². The van der Waals surface area contributed by atoms with Gasteiger partial charge in [-0.3, -0.25) is 0 Å². The van der Waals surface area contributed by atoms with Crippen molar-refractivity contribution in [3.8, 4) is 0 Å². The Kier molecular flexibility index (Phi) is 4.24. The lowest BCUT2D eigenvalue weighted by Crippen LogP contribution is -2.09. The summed E-state index contributed by atoms with van der Waals surface area (Å²) in [5.41, 5.74) is 6.19. The molecule has 22 heavy (non-hydrogen) atoms. The van der Waals surface area contributed by atoms with Crippen LogP contribution in [0.2, 0.25) is 0 Å². The van der Waals surface area contributed by atoms with Gasteiger partial charge in [0.15, 0.2) is 0 Å². The monoisotopic (exact) mass is 287 g/mol. The molecule has 0 N–H and O–H groups in total. The summed E-state index contributed by atoms with van der Waals surface area (Å²) in [6.45, 7) is 4.32. The number of anilines is 3. The smallest absolute Gasteiger partial charge is 0.0464 e. The fraction of sp³-hybridized carbons (Fsp3) is 0.143. The molecule has 3 aromatic rings. The van der Waals surface area contributed by atoms with E-state index in [1.807, 2.05) is 0 Å². The van der Waals surface area contributed by atoms with E-state index in [1.165, 1.54) is 28.2 Å². The zero-order valence-electron chi connectivity index (χ0n) is 13.2. The molecule has 0 heterocycles. The van der Waals surface area contributed by atoms with Crippen LogP contribution < -0.4 is 4.90 Å². The maximum atomic E-state index is 2.30. The van der Waals surface area contributed by atoms with E-state index in [0.29, 0.717) is 0 Å². The Hall–Kier alpha value is -2.54. The lowest BCUT2D eigenvalue weighted by molar-refractivity contribution is 1.14. The zero-order chi connectivity index (χ0) is 15.4. The quantitative estimate of drug-likeness (QED) is 0.566. The Labute approximate surface area is 132 Å². The third kappa shape index (κ3) is 3.04. The van der Waals surface area contributed by atoms with Crippen LogP contribution >= 0.6 is 0 Å². The predicted octanol–water partition coefficient (Wildman–Crippen LogP) is 6.03. The Morgan fingerprint density at radius 2 is 1.32 bits per heavy atom. The highest BCUT2D eigenvalue weighted by molar-refractivity contribution is 5.76. The van der Waals surface area contributed by atoms with Gasteiger partial charge >= 0.3 is 0 Å². The van der Waals surface area contributed by atoms with Crippen molar-refractivity contribution in [2.45, 2.75) is 20.3 Å². The molecule has 0 spiro atoms. The zero-order valence-corrected chi connectivity index (χ0v) is 13.2. The summed E-state index contributed by atoms with van der Waals surface area (Å²) >= 11 is 0. The largest absolute Gasteiger partial charge is 0.310 e. The first-order chi connectivity index (χ1) is 10.8. The minimum absolute atomic E-state index is 1.07. The van der Waals surface area contributed by atoms with Crippen molar-refractivity contribution in [3.63, 3.8) is 0 Å². The summed E-state index contributed by atoms with van der Waals surface area (Å²) in [6, 6.07) is 28.0. The molecular weight excluding hydrogens is 266 g/mol. The molecule has 0 unspecified atom stereocenters. The van der Waals surface area contributed by atoms with Crippen LogP contribution in [0.25, 0.3) is 0 Å². The standard InChI is InChI=1S/C21H21N/c1-3-18-12-14-20(15-13-18)22(19-9-5-4-6-10-19)21-11-7-8-17(2)16-21/h4-16H,3H2,1-2H3. The summed E-state index contributed by atoms with van der Waals surface area (Å²) in [7, 11) is 0. The molecule has 0 saturated carbocycles. The van der Waals surface area contributed by atoms with Crippen LogP contribution in [0.5, 0.6) is 0 Å². The van der Waals surface area contributed by atoms with Crippen molar-refractivity contribution < 1.29 is 0 Å². The summed E-state index contributed by atoms with van der Waals surface area (Å²) in [6.07, 6.45) is 1.07. The van der Waals surface area contributed by atoms with E-state index in [0.717, 1.165) is 6.42 Å². The number of aryl methyl sites for hydroxylation is 2.